The highest BCUT2D eigenvalue weighted by Crippen LogP contribution is 2.19. The molecule has 3 aromatic rings. The fourth-order valence-electron chi connectivity index (χ4n) is 2.23. The van der Waals surface area contributed by atoms with Crippen molar-refractivity contribution in [2.24, 2.45) is 0 Å². The molecular formula is C19H19N3. The molecule has 3 rings (SSSR count). The van der Waals surface area contributed by atoms with Gasteiger partial charge in [-0.2, -0.15) is 5.26 Å². The van der Waals surface area contributed by atoms with Gasteiger partial charge in [-0.05, 0) is 23.3 Å². The van der Waals surface area contributed by atoms with Gasteiger partial charge in [-0.3, -0.25) is 0 Å². The van der Waals surface area contributed by atoms with Crippen LogP contribution in [0.1, 0.15) is 25.0 Å². The molecule has 0 unspecified atom stereocenters. The minimum Gasteiger partial charge on any atom is -0.326 e. The van der Waals surface area contributed by atoms with Gasteiger partial charge in [-0.15, -0.1) is 0 Å². The Morgan fingerprint density at radius 1 is 1.05 bits per heavy atom. The van der Waals surface area contributed by atoms with E-state index in [-0.39, 0.29) is 0 Å². The fraction of sp³-hybridized carbons (Fsp3) is 0.158. The van der Waals surface area contributed by atoms with Crippen LogP contribution in [0.25, 0.3) is 11.3 Å². The van der Waals surface area contributed by atoms with Gasteiger partial charge in [0.25, 0.3) is 0 Å². The minimum absolute atomic E-state index is 0.684. The molecule has 0 N–H and O–H groups in total. The number of nitriles is 1. The quantitative estimate of drug-likeness (QED) is 0.712. The summed E-state index contributed by atoms with van der Waals surface area (Å²) in [5, 5.41) is 8.95. The summed E-state index contributed by atoms with van der Waals surface area (Å²) in [6, 6.07) is 20.0. The van der Waals surface area contributed by atoms with E-state index in [1.165, 1.54) is 0 Å². The first-order valence-corrected chi connectivity index (χ1v) is 7.41. The number of hydrogen-bond acceptors (Lipinski definition) is 2. The van der Waals surface area contributed by atoms with Gasteiger partial charge in [0.1, 0.15) is 0 Å². The first kappa shape index (κ1) is 15.5. The highest BCUT2D eigenvalue weighted by atomic mass is 15.0. The summed E-state index contributed by atoms with van der Waals surface area (Å²) in [4.78, 5) is 4.24. The van der Waals surface area contributed by atoms with Gasteiger partial charge in [0.2, 0.25) is 0 Å². The summed E-state index contributed by atoms with van der Waals surface area (Å²) in [7, 11) is 0. The smallest absolute Gasteiger partial charge is 0.0991 e. The lowest BCUT2D eigenvalue weighted by Gasteiger charge is -2.08. The molecule has 3 heteroatoms. The minimum atomic E-state index is 0.684. The molecule has 1 heterocycles. The average molecular weight is 289 g/mol. The third kappa shape index (κ3) is 3.62. The molecule has 0 atom stereocenters. The predicted octanol–water partition coefficient (Wildman–Crippen LogP) is 4.50. The Bertz CT molecular complexity index is 752. The van der Waals surface area contributed by atoms with Gasteiger partial charge in [0.15, 0.2) is 0 Å². The van der Waals surface area contributed by atoms with Crippen LogP contribution in [-0.2, 0) is 6.54 Å². The van der Waals surface area contributed by atoms with E-state index in [2.05, 4.69) is 27.8 Å². The van der Waals surface area contributed by atoms with Gasteiger partial charge in [-0.25, -0.2) is 4.98 Å². The second-order valence-corrected chi connectivity index (χ2v) is 4.58. The Kier molecular flexibility index (Phi) is 5.50. The summed E-state index contributed by atoms with van der Waals surface area (Å²) in [5.41, 5.74) is 4.00. The summed E-state index contributed by atoms with van der Waals surface area (Å²) >= 11 is 0. The van der Waals surface area contributed by atoms with Crippen molar-refractivity contribution >= 4 is 0 Å². The molecule has 0 radical (unpaired) electrons. The average Bonchev–Trinajstić information content (AvgIpc) is 3.06. The van der Waals surface area contributed by atoms with Gasteiger partial charge in [0, 0.05) is 6.54 Å². The van der Waals surface area contributed by atoms with Crippen molar-refractivity contribution in [2.75, 3.05) is 0 Å². The van der Waals surface area contributed by atoms with Gasteiger partial charge in [0.05, 0.1) is 29.9 Å². The molecule has 0 saturated heterocycles. The Morgan fingerprint density at radius 3 is 2.55 bits per heavy atom. The Balaban J connectivity index is 0.000000847. The highest BCUT2D eigenvalue weighted by molar-refractivity contribution is 5.58. The van der Waals surface area contributed by atoms with E-state index < -0.39 is 0 Å². The molecule has 0 amide bonds. The standard InChI is InChI=1S/C17H13N3.C2H6/c18-10-14-5-4-6-15(9-14)12-20-13-19-11-17(20)16-7-2-1-3-8-16;1-2/h1-9,11,13H,12H2;1-2H3. The monoisotopic (exact) mass is 289 g/mol. The Hall–Kier alpha value is -2.86. The van der Waals surface area contributed by atoms with Crippen LogP contribution < -0.4 is 0 Å². The molecule has 22 heavy (non-hydrogen) atoms. The maximum absolute atomic E-state index is 8.95. The molecule has 0 aliphatic heterocycles. The Morgan fingerprint density at radius 2 is 1.82 bits per heavy atom. The van der Waals surface area contributed by atoms with Gasteiger partial charge in [-0.1, -0.05) is 56.3 Å². The van der Waals surface area contributed by atoms with Crippen molar-refractivity contribution in [1.82, 2.24) is 9.55 Å². The zero-order valence-corrected chi connectivity index (χ0v) is 12.9. The van der Waals surface area contributed by atoms with E-state index in [0.717, 1.165) is 16.8 Å². The van der Waals surface area contributed by atoms with E-state index in [1.54, 1.807) is 0 Å². The van der Waals surface area contributed by atoms with E-state index >= 15 is 0 Å². The molecule has 0 saturated carbocycles. The number of rotatable bonds is 3. The van der Waals surface area contributed by atoms with Crippen LogP contribution in [0.3, 0.4) is 0 Å². The van der Waals surface area contributed by atoms with Crippen LogP contribution >= 0.6 is 0 Å². The van der Waals surface area contributed by atoms with Gasteiger partial charge < -0.3 is 4.57 Å². The number of hydrogen-bond donors (Lipinski definition) is 0. The van der Waals surface area contributed by atoms with Crippen LogP contribution in [0.4, 0.5) is 0 Å². The van der Waals surface area contributed by atoms with Gasteiger partial charge >= 0.3 is 0 Å². The lowest BCUT2D eigenvalue weighted by atomic mass is 10.1. The lowest BCUT2D eigenvalue weighted by molar-refractivity contribution is 0.804. The fourth-order valence-corrected chi connectivity index (χ4v) is 2.23. The van der Waals surface area contributed by atoms with Crippen LogP contribution in [0.15, 0.2) is 67.1 Å². The van der Waals surface area contributed by atoms with Crippen LogP contribution in [-0.4, -0.2) is 9.55 Å². The third-order valence-corrected chi connectivity index (χ3v) is 3.19. The van der Waals surface area contributed by atoms with Crippen molar-refractivity contribution in [3.8, 4) is 17.3 Å². The molecule has 0 spiro atoms. The van der Waals surface area contributed by atoms with E-state index in [0.29, 0.717) is 12.1 Å². The van der Waals surface area contributed by atoms with Crippen molar-refractivity contribution in [2.45, 2.75) is 20.4 Å². The van der Waals surface area contributed by atoms with Crippen molar-refractivity contribution < 1.29 is 0 Å². The molecule has 0 aliphatic carbocycles. The predicted molar refractivity (Wildman–Crippen MR) is 89.3 cm³/mol. The Labute approximate surface area is 131 Å². The molecule has 1 aromatic heterocycles. The lowest BCUT2D eigenvalue weighted by Crippen LogP contribution is -2.00. The summed E-state index contributed by atoms with van der Waals surface area (Å²) in [5.74, 6) is 0. The third-order valence-electron chi connectivity index (χ3n) is 3.19. The molecule has 2 aromatic carbocycles. The maximum Gasteiger partial charge on any atom is 0.0991 e. The van der Waals surface area contributed by atoms with Crippen molar-refractivity contribution in [3.05, 3.63) is 78.2 Å². The number of nitrogens with zero attached hydrogens (tertiary/aromatic N) is 3. The molecule has 3 nitrogen and oxygen atoms in total. The van der Waals surface area contributed by atoms with Crippen LogP contribution in [0, 0.1) is 11.3 Å². The van der Waals surface area contributed by atoms with E-state index in [1.807, 2.05) is 68.8 Å². The normalized spacial score (nSPS) is 9.50. The molecule has 0 aliphatic rings. The summed E-state index contributed by atoms with van der Waals surface area (Å²) in [6.07, 6.45) is 3.69. The first-order chi connectivity index (χ1) is 10.9. The largest absolute Gasteiger partial charge is 0.326 e. The number of aromatic nitrogens is 2. The number of imidazole rings is 1. The second kappa shape index (κ2) is 7.80. The molecule has 0 bridgehead atoms. The topological polar surface area (TPSA) is 41.6 Å². The molecule has 0 fully saturated rings. The van der Waals surface area contributed by atoms with E-state index in [9.17, 15) is 0 Å². The van der Waals surface area contributed by atoms with E-state index in [4.69, 9.17) is 5.26 Å². The molecule has 110 valence electrons. The maximum atomic E-state index is 8.95. The number of benzene rings is 2. The zero-order chi connectivity index (χ0) is 15.8. The summed E-state index contributed by atoms with van der Waals surface area (Å²) < 4.78 is 2.09. The highest BCUT2D eigenvalue weighted by Gasteiger charge is 2.05. The van der Waals surface area contributed by atoms with Crippen LogP contribution in [0.2, 0.25) is 0 Å². The molecular weight excluding hydrogens is 270 g/mol. The second-order valence-electron chi connectivity index (χ2n) is 4.58. The van der Waals surface area contributed by atoms with Crippen LogP contribution in [0.5, 0.6) is 0 Å². The SMILES string of the molecule is CC.N#Cc1cccc(Cn2cncc2-c2ccccc2)c1. The van der Waals surface area contributed by atoms with Crippen molar-refractivity contribution in [1.29, 1.82) is 5.26 Å². The zero-order valence-electron chi connectivity index (χ0n) is 12.9. The summed E-state index contributed by atoms with van der Waals surface area (Å²) in [6.45, 7) is 4.71. The van der Waals surface area contributed by atoms with Crippen molar-refractivity contribution in [3.63, 3.8) is 0 Å². The first-order valence-electron chi connectivity index (χ1n) is 7.41.